The van der Waals surface area contributed by atoms with Crippen molar-refractivity contribution in [3.8, 4) is 0 Å². The molecule has 3 amide bonds. The van der Waals surface area contributed by atoms with Gasteiger partial charge in [-0.1, -0.05) is 0 Å². The average Bonchev–Trinajstić information content (AvgIpc) is 3.14. The van der Waals surface area contributed by atoms with Gasteiger partial charge in [-0.25, -0.2) is 4.39 Å². The molecule has 1 N–H and O–H groups in total. The van der Waals surface area contributed by atoms with Gasteiger partial charge in [0.2, 0.25) is 17.7 Å². The van der Waals surface area contributed by atoms with E-state index in [1.54, 1.807) is 9.80 Å². The van der Waals surface area contributed by atoms with Crippen LogP contribution in [0, 0.1) is 5.82 Å². The molecule has 6 nitrogen and oxygen atoms in total. The zero-order valence-electron chi connectivity index (χ0n) is 15.7. The maximum absolute atomic E-state index is 13.0. The molecule has 1 heterocycles. The molecule has 0 unspecified atom stereocenters. The Morgan fingerprint density at radius 3 is 2.48 bits per heavy atom. The van der Waals surface area contributed by atoms with Crippen molar-refractivity contribution in [2.75, 3.05) is 30.0 Å². The fraction of sp³-hybridized carbons (Fsp3) is 0.526. The van der Waals surface area contributed by atoms with Gasteiger partial charge in [-0.15, -0.1) is 11.8 Å². The Labute approximate surface area is 163 Å². The normalized spacial score (nSPS) is 16.3. The van der Waals surface area contributed by atoms with Gasteiger partial charge < -0.3 is 15.1 Å². The van der Waals surface area contributed by atoms with E-state index in [9.17, 15) is 18.8 Å². The van der Waals surface area contributed by atoms with Gasteiger partial charge in [-0.3, -0.25) is 14.4 Å². The highest BCUT2D eigenvalue weighted by Crippen LogP contribution is 2.23. The molecule has 0 aromatic heterocycles. The Morgan fingerprint density at radius 2 is 1.85 bits per heavy atom. The summed E-state index contributed by atoms with van der Waals surface area (Å²) in [4.78, 5) is 40.3. The number of carbonyl (C=O) groups excluding carboxylic acids is 3. The van der Waals surface area contributed by atoms with E-state index in [0.717, 1.165) is 0 Å². The molecule has 1 aromatic rings. The van der Waals surface area contributed by atoms with Crippen LogP contribution in [0.25, 0.3) is 0 Å². The fourth-order valence-corrected chi connectivity index (χ4v) is 4.11. The highest BCUT2D eigenvalue weighted by Gasteiger charge is 2.34. The van der Waals surface area contributed by atoms with Gasteiger partial charge in [-0.2, -0.15) is 0 Å². The number of hydrogen-bond acceptors (Lipinski definition) is 4. The van der Waals surface area contributed by atoms with Gasteiger partial charge in [0.1, 0.15) is 11.9 Å². The summed E-state index contributed by atoms with van der Waals surface area (Å²) < 4.78 is 13.0. The lowest BCUT2D eigenvalue weighted by Crippen LogP contribution is -2.44. The summed E-state index contributed by atoms with van der Waals surface area (Å²) in [5.41, 5.74) is 0.496. The van der Waals surface area contributed by atoms with E-state index in [-0.39, 0.29) is 30.0 Å². The Balaban J connectivity index is 1.85. The second kappa shape index (κ2) is 10.3. The van der Waals surface area contributed by atoms with E-state index in [4.69, 9.17) is 0 Å². The monoisotopic (exact) mass is 395 g/mol. The molecule has 0 saturated carbocycles. The number of anilines is 1. The van der Waals surface area contributed by atoms with Crippen LogP contribution >= 0.6 is 11.8 Å². The van der Waals surface area contributed by atoms with Crippen molar-refractivity contribution in [3.63, 3.8) is 0 Å². The molecule has 0 aliphatic carbocycles. The molecule has 0 spiro atoms. The average molecular weight is 396 g/mol. The van der Waals surface area contributed by atoms with Gasteiger partial charge in [-0.05, 0) is 44.5 Å². The lowest BCUT2D eigenvalue weighted by atomic mass is 10.1. The van der Waals surface area contributed by atoms with Crippen LogP contribution < -0.4 is 5.32 Å². The minimum atomic E-state index is -0.550. The maximum atomic E-state index is 13.0. The SMILES string of the molecule is CCN(CC)C(=O)CCCC(=O)N1CSC[C@H]1C(=O)Nc1ccc(F)cc1. The lowest BCUT2D eigenvalue weighted by Gasteiger charge is -2.23. The second-order valence-corrected chi connectivity index (χ2v) is 7.29. The van der Waals surface area contributed by atoms with Crippen LogP contribution in [-0.4, -0.2) is 58.3 Å². The van der Waals surface area contributed by atoms with E-state index < -0.39 is 6.04 Å². The van der Waals surface area contributed by atoms with Crippen LogP contribution in [0.2, 0.25) is 0 Å². The predicted octanol–water partition coefficient (Wildman–Crippen LogP) is 2.70. The molecule has 1 aliphatic heterocycles. The summed E-state index contributed by atoms with van der Waals surface area (Å²) in [5, 5.41) is 2.73. The standard InChI is InChI=1S/C19H26FN3O3S/c1-3-22(4-2)17(24)6-5-7-18(25)23-13-27-12-16(23)19(26)21-15-10-8-14(20)9-11-15/h8-11,16H,3-7,12-13H2,1-2H3,(H,21,26)/t16-/m0/s1. The third-order valence-corrected chi connectivity index (χ3v) is 5.53. The van der Waals surface area contributed by atoms with Gasteiger partial charge in [0.15, 0.2) is 0 Å². The Bertz CT molecular complexity index is 665. The quantitative estimate of drug-likeness (QED) is 0.735. The lowest BCUT2D eigenvalue weighted by molar-refractivity contribution is -0.136. The topological polar surface area (TPSA) is 69.7 Å². The van der Waals surface area contributed by atoms with E-state index in [2.05, 4.69) is 5.32 Å². The molecule has 1 atom stereocenters. The van der Waals surface area contributed by atoms with Crippen LogP contribution in [0.1, 0.15) is 33.1 Å². The van der Waals surface area contributed by atoms with Gasteiger partial charge in [0, 0.05) is 37.4 Å². The number of nitrogens with one attached hydrogen (secondary N) is 1. The molecular formula is C19H26FN3O3S. The number of thioether (sulfide) groups is 1. The first-order valence-corrected chi connectivity index (χ1v) is 10.3. The smallest absolute Gasteiger partial charge is 0.248 e. The first-order valence-electron chi connectivity index (χ1n) is 9.17. The summed E-state index contributed by atoms with van der Waals surface area (Å²) in [5.74, 6) is 0.266. The van der Waals surface area contributed by atoms with Crippen molar-refractivity contribution in [2.24, 2.45) is 0 Å². The summed E-state index contributed by atoms with van der Waals surface area (Å²) in [6.07, 6.45) is 1.05. The number of nitrogens with zero attached hydrogens (tertiary/aromatic N) is 2. The molecule has 8 heteroatoms. The molecule has 1 fully saturated rings. The van der Waals surface area contributed by atoms with E-state index in [1.807, 2.05) is 13.8 Å². The van der Waals surface area contributed by atoms with Crippen LogP contribution in [0.3, 0.4) is 0 Å². The van der Waals surface area contributed by atoms with Crippen molar-refractivity contribution in [3.05, 3.63) is 30.1 Å². The fourth-order valence-electron chi connectivity index (χ4n) is 2.93. The first-order chi connectivity index (χ1) is 13.0. The number of rotatable bonds is 8. The largest absolute Gasteiger partial charge is 0.343 e. The maximum Gasteiger partial charge on any atom is 0.248 e. The zero-order valence-corrected chi connectivity index (χ0v) is 16.6. The van der Waals surface area contributed by atoms with Crippen molar-refractivity contribution < 1.29 is 18.8 Å². The minimum absolute atomic E-state index is 0.0502. The van der Waals surface area contributed by atoms with Gasteiger partial charge >= 0.3 is 0 Å². The minimum Gasteiger partial charge on any atom is -0.343 e. The molecule has 1 saturated heterocycles. The molecule has 0 radical (unpaired) electrons. The van der Waals surface area contributed by atoms with E-state index in [0.29, 0.717) is 43.2 Å². The van der Waals surface area contributed by atoms with Crippen LogP contribution in [0.4, 0.5) is 10.1 Å². The van der Waals surface area contributed by atoms with Crippen molar-refractivity contribution >= 4 is 35.2 Å². The van der Waals surface area contributed by atoms with Crippen LogP contribution in [-0.2, 0) is 14.4 Å². The molecule has 2 rings (SSSR count). The van der Waals surface area contributed by atoms with Crippen LogP contribution in [0.15, 0.2) is 24.3 Å². The molecule has 1 aromatic carbocycles. The molecule has 0 bridgehead atoms. The van der Waals surface area contributed by atoms with Crippen molar-refractivity contribution in [2.45, 2.75) is 39.2 Å². The number of carbonyl (C=O) groups is 3. The van der Waals surface area contributed by atoms with E-state index in [1.165, 1.54) is 36.0 Å². The zero-order chi connectivity index (χ0) is 19.8. The summed E-state index contributed by atoms with van der Waals surface area (Å²) in [6, 6.07) is 4.97. The summed E-state index contributed by atoms with van der Waals surface area (Å²) in [7, 11) is 0. The summed E-state index contributed by atoms with van der Waals surface area (Å²) >= 11 is 1.52. The number of hydrogen-bond donors (Lipinski definition) is 1. The third-order valence-electron chi connectivity index (χ3n) is 4.51. The number of benzene rings is 1. The van der Waals surface area contributed by atoms with Crippen LogP contribution in [0.5, 0.6) is 0 Å². The first kappa shape index (κ1) is 21.2. The second-order valence-electron chi connectivity index (χ2n) is 6.29. The Morgan fingerprint density at radius 1 is 1.19 bits per heavy atom. The van der Waals surface area contributed by atoms with Gasteiger partial charge in [0.25, 0.3) is 0 Å². The predicted molar refractivity (Wildman–Crippen MR) is 105 cm³/mol. The Kier molecular flexibility index (Phi) is 8.09. The van der Waals surface area contributed by atoms with Crippen molar-refractivity contribution in [1.82, 2.24) is 9.80 Å². The molecule has 1 aliphatic rings. The summed E-state index contributed by atoms with van der Waals surface area (Å²) in [6.45, 7) is 5.19. The Hall–Kier alpha value is -2.09. The molecule has 148 valence electrons. The highest BCUT2D eigenvalue weighted by atomic mass is 32.2. The van der Waals surface area contributed by atoms with Crippen molar-refractivity contribution in [1.29, 1.82) is 0 Å². The van der Waals surface area contributed by atoms with E-state index >= 15 is 0 Å². The van der Waals surface area contributed by atoms with Gasteiger partial charge in [0.05, 0.1) is 5.88 Å². The molecule has 27 heavy (non-hydrogen) atoms. The third kappa shape index (κ3) is 5.95. The number of amides is 3. The molecular weight excluding hydrogens is 369 g/mol. The number of halogens is 1. The highest BCUT2D eigenvalue weighted by molar-refractivity contribution is 7.99.